The number of nitrogens with zero attached hydrogens (tertiary/aromatic N) is 7. The first-order valence-corrected chi connectivity index (χ1v) is 29.8. The smallest absolute Gasteiger partial charge is 0.319 e. The van der Waals surface area contributed by atoms with Crippen LogP contribution >= 0.6 is 22.9 Å². The topological polar surface area (TPSA) is 214 Å². The molecule has 436 valence electrons. The number of piperazine rings is 1. The molecule has 7 heterocycles. The minimum Gasteiger partial charge on any atom is -0.462 e. The zero-order valence-corrected chi connectivity index (χ0v) is 47.8. The number of nitriles is 1. The summed E-state index contributed by atoms with van der Waals surface area (Å²) in [7, 11) is 0. The van der Waals surface area contributed by atoms with E-state index in [1.807, 2.05) is 20.8 Å². The molecule has 6 aromatic rings. The molecule has 2 aromatic heterocycles. The van der Waals surface area contributed by atoms with Gasteiger partial charge in [0, 0.05) is 79.4 Å². The van der Waals surface area contributed by atoms with Crippen LogP contribution in [0.3, 0.4) is 0 Å². The second-order valence-electron chi connectivity index (χ2n) is 24.4. The highest BCUT2D eigenvalue weighted by Crippen LogP contribution is 2.49. The van der Waals surface area contributed by atoms with Crippen LogP contribution < -0.4 is 26.0 Å². The monoisotopic (exact) mass is 1180 g/mol. The van der Waals surface area contributed by atoms with E-state index < -0.39 is 70.3 Å². The van der Waals surface area contributed by atoms with Crippen LogP contribution in [0, 0.1) is 40.0 Å². The summed E-state index contributed by atoms with van der Waals surface area (Å²) in [6.45, 7) is 8.42. The largest absolute Gasteiger partial charge is 0.462 e. The number of carbonyl (C=O) groups excluding carboxylic acids is 3. The number of carbonyl (C=O) groups is 3. The Morgan fingerprint density at radius 3 is 2.39 bits per heavy atom. The Labute approximate surface area is 486 Å². The van der Waals surface area contributed by atoms with Crippen molar-refractivity contribution < 1.29 is 46.9 Å². The number of hydrogen-bond donors (Lipinski definition) is 5. The molecule has 1 aliphatic carbocycles. The SMILES string of the molecule is CC(C)(C)[C@@H](C(=O)N1C[C@H](O)C[C@H]1C(=O)NC1(c2ccc(-c3c(F)cccc3F)cc2)C[C@H]1O)N1C(=O)CC[C@@H]1CCCN1CCC[C@H]1COc1nc(N2CC3CCC(C2)N3)c2cc(Cl)c(-c3ccc(F)c4sc(N)c(C#N)c34)c(F)c2n1. The van der Waals surface area contributed by atoms with Gasteiger partial charge >= 0.3 is 6.01 Å². The lowest BCUT2D eigenvalue weighted by atomic mass is 9.83. The van der Waals surface area contributed by atoms with E-state index in [0.717, 1.165) is 55.7 Å². The zero-order valence-electron chi connectivity index (χ0n) is 46.2. The summed E-state index contributed by atoms with van der Waals surface area (Å²) < 4.78 is 68.5. The highest BCUT2D eigenvalue weighted by molar-refractivity contribution is 7.23. The van der Waals surface area contributed by atoms with Gasteiger partial charge in [0.1, 0.15) is 58.5 Å². The van der Waals surface area contributed by atoms with Gasteiger partial charge in [-0.2, -0.15) is 15.2 Å². The Morgan fingerprint density at radius 2 is 1.70 bits per heavy atom. The van der Waals surface area contributed by atoms with Gasteiger partial charge < -0.3 is 46.0 Å². The molecule has 22 heteroatoms. The minimum atomic E-state index is -1.23. The molecule has 1 saturated carbocycles. The highest BCUT2D eigenvalue weighted by atomic mass is 35.5. The van der Waals surface area contributed by atoms with E-state index in [4.69, 9.17) is 32.0 Å². The lowest BCUT2D eigenvalue weighted by Crippen LogP contribution is -2.60. The second-order valence-corrected chi connectivity index (χ2v) is 25.8. The summed E-state index contributed by atoms with van der Waals surface area (Å²) in [5, 5.41) is 39.4. The molecule has 0 spiro atoms. The molecule has 3 amide bonds. The molecule has 9 atom stereocenters. The average molecular weight is 1180 g/mol. The number of halogens is 5. The van der Waals surface area contributed by atoms with Gasteiger partial charge in [0.25, 0.3) is 0 Å². The fraction of sp³-hybridized carbons (Fsp3) is 0.475. The van der Waals surface area contributed by atoms with Crippen LogP contribution in [-0.4, -0.2) is 140 Å². The van der Waals surface area contributed by atoms with E-state index in [1.165, 1.54) is 35.2 Å². The van der Waals surface area contributed by atoms with Crippen LogP contribution in [0.25, 0.3) is 43.2 Å². The Bertz CT molecular complexity index is 3590. The van der Waals surface area contributed by atoms with Gasteiger partial charge in [0.15, 0.2) is 5.82 Å². The van der Waals surface area contributed by atoms with Gasteiger partial charge in [0.2, 0.25) is 17.7 Å². The first-order valence-electron chi connectivity index (χ1n) is 28.6. The number of hydrogen-bond acceptors (Lipinski definition) is 14. The molecule has 83 heavy (non-hydrogen) atoms. The molecule has 6 aliphatic rings. The molecule has 6 fully saturated rings. The summed E-state index contributed by atoms with van der Waals surface area (Å²) in [6, 6.07) is 14.2. The van der Waals surface area contributed by atoms with E-state index in [2.05, 4.69) is 26.5 Å². The molecule has 3 unspecified atom stereocenters. The standard InChI is InChI=1S/C61H65ClF4N10O6S/c1-60(2,3)54(58(81)75-29-37(77)23-45(75)57(80)72-61(25-46(61)78)32-13-11-31(12-14-32)48-42(63)9-4-10-43(48)64)76-35(17-20-47(76)79)7-5-21-73-22-6-8-36(73)30-82-59-70-52-39(56(71-59)74-27-33-15-16-34(28-74)69-33)24-41(62)50(51(52)66)38-18-19-44(65)53-49(38)40(26-67)55(68)83-53/h4,9-14,18-19,24,33-37,45-46,54,69,77-78H,5-8,15-17,20-23,25,27-30,68H2,1-3H3,(H,72,80)/t33?,34?,35-,36-,37+,45-,46+,54+,61?/m0/s1. The van der Waals surface area contributed by atoms with Crippen LogP contribution in [0.4, 0.5) is 28.4 Å². The van der Waals surface area contributed by atoms with Crippen molar-refractivity contribution in [2.75, 3.05) is 50.0 Å². The number of thiophene rings is 1. The summed E-state index contributed by atoms with van der Waals surface area (Å²) in [5.74, 6) is -3.54. The fourth-order valence-corrected chi connectivity index (χ4v) is 15.1. The number of β-amino-alcohol motifs (C(OH)–C–C–N with tert-alkyl or cyclic N) is 1. The molecule has 5 saturated heterocycles. The molecule has 0 radical (unpaired) electrons. The zero-order chi connectivity index (χ0) is 58.4. The Kier molecular flexibility index (Phi) is 15.1. The number of nitrogens with one attached hydrogen (secondary N) is 2. The van der Waals surface area contributed by atoms with Crippen molar-refractivity contribution in [2.24, 2.45) is 5.41 Å². The molecular weight excluding hydrogens is 1110 g/mol. The maximum atomic E-state index is 17.4. The van der Waals surface area contributed by atoms with E-state index >= 15 is 13.6 Å². The van der Waals surface area contributed by atoms with Crippen molar-refractivity contribution >= 4 is 72.5 Å². The second kappa shape index (κ2) is 22.1. The van der Waals surface area contributed by atoms with Crippen molar-refractivity contribution in [3.05, 3.63) is 100 Å². The van der Waals surface area contributed by atoms with E-state index in [0.29, 0.717) is 55.7 Å². The van der Waals surface area contributed by atoms with Crippen LogP contribution in [0.5, 0.6) is 6.01 Å². The number of nitrogen functional groups attached to an aromatic ring is 1. The third-order valence-corrected chi connectivity index (χ3v) is 19.3. The number of aliphatic hydroxyl groups is 2. The molecule has 4 aromatic carbocycles. The number of ether oxygens (including phenoxy) is 1. The fourth-order valence-electron chi connectivity index (χ4n) is 13.8. The quantitative estimate of drug-likeness (QED) is 0.0611. The minimum absolute atomic E-state index is 0.0153. The first kappa shape index (κ1) is 56.8. The predicted octanol–water partition coefficient (Wildman–Crippen LogP) is 8.55. The number of benzene rings is 4. The number of fused-ring (bicyclic) bond motifs is 4. The molecule has 6 N–H and O–H groups in total. The normalized spacial score (nSPS) is 25.7. The summed E-state index contributed by atoms with van der Waals surface area (Å²) in [6.07, 6.45) is 3.85. The van der Waals surface area contributed by atoms with Crippen molar-refractivity contribution in [3.63, 3.8) is 0 Å². The van der Waals surface area contributed by atoms with Gasteiger partial charge in [0.05, 0.1) is 38.6 Å². The van der Waals surface area contributed by atoms with Crippen molar-refractivity contribution in [1.29, 1.82) is 5.26 Å². The van der Waals surface area contributed by atoms with Crippen LogP contribution in [0.1, 0.15) is 96.1 Å². The number of rotatable bonds is 15. The molecule has 16 nitrogen and oxygen atoms in total. The first-order chi connectivity index (χ1) is 39.7. The molecule has 2 bridgehead atoms. The number of aliphatic hydroxyl groups excluding tert-OH is 2. The average Bonchev–Trinajstić information content (AvgIpc) is 3.32. The number of nitrogens with two attached hydrogens (primary N) is 1. The molecule has 12 rings (SSSR count). The highest BCUT2D eigenvalue weighted by Gasteiger charge is 2.58. The maximum Gasteiger partial charge on any atom is 0.319 e. The Hall–Kier alpha value is -6.67. The lowest BCUT2D eigenvalue weighted by molar-refractivity contribution is -0.152. The Balaban J connectivity index is 0.738. The summed E-state index contributed by atoms with van der Waals surface area (Å²) in [5.41, 5.74) is 4.91. The van der Waals surface area contributed by atoms with Crippen molar-refractivity contribution in [3.8, 4) is 34.3 Å². The van der Waals surface area contributed by atoms with Gasteiger partial charge in [-0.25, -0.2) is 17.6 Å². The summed E-state index contributed by atoms with van der Waals surface area (Å²) in [4.78, 5) is 60.6. The molecule has 5 aliphatic heterocycles. The van der Waals surface area contributed by atoms with E-state index in [9.17, 15) is 33.8 Å². The van der Waals surface area contributed by atoms with Gasteiger partial charge in [-0.1, -0.05) is 68.8 Å². The predicted molar refractivity (Wildman–Crippen MR) is 307 cm³/mol. The number of amides is 3. The van der Waals surface area contributed by atoms with Crippen molar-refractivity contribution in [1.82, 2.24) is 35.3 Å². The van der Waals surface area contributed by atoms with Crippen LogP contribution in [-0.2, 0) is 19.9 Å². The maximum absolute atomic E-state index is 17.4. The van der Waals surface area contributed by atoms with Gasteiger partial charge in [-0.3, -0.25) is 19.3 Å². The number of aromatic nitrogens is 2. The van der Waals surface area contributed by atoms with E-state index in [1.54, 1.807) is 23.1 Å². The Morgan fingerprint density at radius 1 is 0.976 bits per heavy atom. The van der Waals surface area contributed by atoms with Crippen LogP contribution in [0.15, 0.2) is 60.7 Å². The van der Waals surface area contributed by atoms with Gasteiger partial charge in [-0.05, 0) is 104 Å². The number of anilines is 2. The number of likely N-dealkylation sites (tertiary alicyclic amines) is 3. The third-order valence-electron chi connectivity index (χ3n) is 17.9. The molecular formula is C61H65ClF4N10O6S. The van der Waals surface area contributed by atoms with E-state index in [-0.39, 0.29) is 122 Å². The van der Waals surface area contributed by atoms with Gasteiger partial charge in [-0.15, -0.1) is 11.3 Å². The third kappa shape index (κ3) is 10.4. The summed E-state index contributed by atoms with van der Waals surface area (Å²) >= 11 is 7.89. The lowest BCUT2D eigenvalue weighted by Gasteiger charge is -2.43. The van der Waals surface area contributed by atoms with Crippen LogP contribution in [0.2, 0.25) is 5.02 Å². The van der Waals surface area contributed by atoms with Crippen molar-refractivity contribution in [2.45, 2.75) is 139 Å².